The van der Waals surface area contributed by atoms with Gasteiger partial charge in [0.1, 0.15) is 0 Å². The molecule has 2 heterocycles. The topological polar surface area (TPSA) is 61.0 Å². The van der Waals surface area contributed by atoms with Crippen LogP contribution in [0.5, 0.6) is 0 Å². The van der Waals surface area contributed by atoms with Crippen LogP contribution in [0, 0.1) is 5.92 Å². The Labute approximate surface area is 138 Å². The molecule has 0 bridgehead atoms. The number of H-pyrrole nitrogens is 1. The van der Waals surface area contributed by atoms with E-state index < -0.39 is 12.1 Å². The Hall–Kier alpha value is -1.57. The fraction of sp³-hybridized carbons (Fsp3) is 0.750. The van der Waals surface area contributed by atoms with Gasteiger partial charge in [-0.1, -0.05) is 0 Å². The van der Waals surface area contributed by atoms with Gasteiger partial charge >= 0.3 is 6.18 Å². The predicted molar refractivity (Wildman–Crippen MR) is 85.0 cm³/mol. The number of rotatable bonds is 3. The van der Waals surface area contributed by atoms with Crippen molar-refractivity contribution >= 4 is 5.82 Å². The lowest BCUT2D eigenvalue weighted by Crippen LogP contribution is -2.51. The lowest BCUT2D eigenvalue weighted by molar-refractivity contribution is -0.182. The molecule has 2 fully saturated rings. The highest BCUT2D eigenvalue weighted by atomic mass is 19.4. The quantitative estimate of drug-likeness (QED) is 0.884. The van der Waals surface area contributed by atoms with Crippen LogP contribution >= 0.6 is 0 Å². The third-order valence-electron chi connectivity index (χ3n) is 5.07. The molecule has 0 spiro atoms. The van der Waals surface area contributed by atoms with Crippen molar-refractivity contribution in [2.45, 2.75) is 56.8 Å². The van der Waals surface area contributed by atoms with Crippen molar-refractivity contribution in [2.75, 3.05) is 18.0 Å². The number of nitrogens with zero attached hydrogens (tertiary/aromatic N) is 2. The van der Waals surface area contributed by atoms with Gasteiger partial charge in [-0.2, -0.15) is 13.2 Å². The van der Waals surface area contributed by atoms with Crippen molar-refractivity contribution < 1.29 is 13.2 Å². The molecule has 1 unspecified atom stereocenters. The summed E-state index contributed by atoms with van der Waals surface area (Å²) in [6.45, 7) is 1.44. The summed E-state index contributed by atoms with van der Waals surface area (Å²) in [5, 5.41) is 3.50. The standard InChI is InChI=1S/C16H23F3N4O/c17-16(18,19)11-3-5-12(6-4-11)22-13-2-1-9-23(10-13)14-15(24)21-8-7-20-14/h7-8,11-13,22H,1-6,9-10H2,(H,21,24). The van der Waals surface area contributed by atoms with E-state index in [-0.39, 0.29) is 30.5 Å². The summed E-state index contributed by atoms with van der Waals surface area (Å²) in [6, 6.07) is 0.322. The molecule has 3 rings (SSSR count). The highest BCUT2D eigenvalue weighted by Crippen LogP contribution is 2.37. The predicted octanol–water partition coefficient (Wildman–Crippen LogP) is 2.45. The summed E-state index contributed by atoms with van der Waals surface area (Å²) >= 11 is 0. The minimum atomic E-state index is -4.06. The first-order chi connectivity index (χ1) is 11.4. The summed E-state index contributed by atoms with van der Waals surface area (Å²) in [4.78, 5) is 20.6. The van der Waals surface area contributed by atoms with E-state index >= 15 is 0 Å². The number of anilines is 1. The summed E-state index contributed by atoms with van der Waals surface area (Å²) in [7, 11) is 0. The average Bonchev–Trinajstić information content (AvgIpc) is 2.55. The molecule has 1 aromatic heterocycles. The maximum absolute atomic E-state index is 12.7. The molecule has 134 valence electrons. The third kappa shape index (κ3) is 4.09. The van der Waals surface area contributed by atoms with Gasteiger partial charge in [-0.25, -0.2) is 4.98 Å². The summed E-state index contributed by atoms with van der Waals surface area (Å²) < 4.78 is 38.2. The third-order valence-corrected chi connectivity index (χ3v) is 5.07. The zero-order chi connectivity index (χ0) is 17.2. The van der Waals surface area contributed by atoms with E-state index in [1.165, 1.54) is 6.20 Å². The van der Waals surface area contributed by atoms with Crippen LogP contribution in [-0.2, 0) is 0 Å². The first-order valence-electron chi connectivity index (χ1n) is 8.55. The lowest BCUT2D eigenvalue weighted by atomic mass is 9.85. The van der Waals surface area contributed by atoms with Crippen molar-refractivity contribution in [3.05, 3.63) is 22.7 Å². The van der Waals surface area contributed by atoms with Crippen molar-refractivity contribution in [2.24, 2.45) is 5.92 Å². The van der Waals surface area contributed by atoms with E-state index in [0.717, 1.165) is 19.4 Å². The molecule has 8 heteroatoms. The van der Waals surface area contributed by atoms with Gasteiger partial charge in [-0.3, -0.25) is 4.79 Å². The summed E-state index contributed by atoms with van der Waals surface area (Å²) in [5.41, 5.74) is -0.205. The van der Waals surface area contributed by atoms with Crippen LogP contribution in [0.4, 0.5) is 19.0 Å². The van der Waals surface area contributed by atoms with Crippen molar-refractivity contribution in [3.8, 4) is 0 Å². The Kier molecular flexibility index (Phi) is 5.12. The average molecular weight is 344 g/mol. The SMILES string of the molecule is O=c1[nH]ccnc1N1CCCC(NC2CCC(C(F)(F)F)CC2)C1. The molecule has 1 aromatic rings. The molecule has 5 nitrogen and oxygen atoms in total. The van der Waals surface area contributed by atoms with Crippen molar-refractivity contribution in [1.82, 2.24) is 15.3 Å². The van der Waals surface area contributed by atoms with Gasteiger partial charge in [-0.05, 0) is 38.5 Å². The lowest BCUT2D eigenvalue weighted by Gasteiger charge is -2.37. The van der Waals surface area contributed by atoms with E-state index in [9.17, 15) is 18.0 Å². The van der Waals surface area contributed by atoms with E-state index in [1.54, 1.807) is 6.20 Å². The zero-order valence-electron chi connectivity index (χ0n) is 13.5. The maximum atomic E-state index is 12.7. The van der Waals surface area contributed by atoms with Crippen LogP contribution in [-0.4, -0.2) is 41.3 Å². The van der Waals surface area contributed by atoms with Gasteiger partial charge in [0.2, 0.25) is 0 Å². The smallest absolute Gasteiger partial charge is 0.350 e. The molecule has 1 saturated heterocycles. The van der Waals surface area contributed by atoms with Crippen LogP contribution in [0.15, 0.2) is 17.2 Å². The fourth-order valence-corrected chi connectivity index (χ4v) is 3.80. The molecule has 24 heavy (non-hydrogen) atoms. The summed E-state index contributed by atoms with van der Waals surface area (Å²) in [5.74, 6) is -0.727. The Morgan fingerprint density at radius 2 is 1.92 bits per heavy atom. The molecular weight excluding hydrogens is 321 g/mol. The largest absolute Gasteiger partial charge is 0.391 e. The molecule has 0 amide bonds. The monoisotopic (exact) mass is 344 g/mol. The molecule has 1 saturated carbocycles. The highest BCUT2D eigenvalue weighted by molar-refractivity contribution is 5.36. The molecule has 1 aliphatic carbocycles. The Bertz CT molecular complexity index is 595. The number of halogens is 3. The normalized spacial score (nSPS) is 28.8. The number of aromatic amines is 1. The Morgan fingerprint density at radius 1 is 1.17 bits per heavy atom. The minimum absolute atomic E-state index is 0.135. The van der Waals surface area contributed by atoms with Gasteiger partial charge in [0, 0.05) is 37.6 Å². The summed E-state index contributed by atoms with van der Waals surface area (Å²) in [6.07, 6.45) is 2.44. The van der Waals surface area contributed by atoms with E-state index in [4.69, 9.17) is 0 Å². The van der Waals surface area contributed by atoms with Crippen LogP contribution in [0.2, 0.25) is 0 Å². The van der Waals surface area contributed by atoms with E-state index in [0.29, 0.717) is 25.2 Å². The van der Waals surface area contributed by atoms with Gasteiger partial charge < -0.3 is 15.2 Å². The maximum Gasteiger partial charge on any atom is 0.391 e. The van der Waals surface area contributed by atoms with Gasteiger partial charge in [0.05, 0.1) is 5.92 Å². The van der Waals surface area contributed by atoms with Crippen molar-refractivity contribution in [1.29, 1.82) is 0 Å². The Morgan fingerprint density at radius 3 is 2.58 bits per heavy atom. The van der Waals surface area contributed by atoms with Crippen molar-refractivity contribution in [3.63, 3.8) is 0 Å². The zero-order valence-corrected chi connectivity index (χ0v) is 13.5. The first-order valence-corrected chi connectivity index (χ1v) is 8.55. The second-order valence-corrected chi connectivity index (χ2v) is 6.78. The molecule has 1 atom stereocenters. The Balaban J connectivity index is 1.53. The second-order valence-electron chi connectivity index (χ2n) is 6.78. The van der Waals surface area contributed by atoms with E-state index in [1.807, 2.05) is 4.90 Å². The van der Waals surface area contributed by atoms with Gasteiger partial charge in [0.25, 0.3) is 5.56 Å². The van der Waals surface area contributed by atoms with Crippen LogP contribution in [0.3, 0.4) is 0 Å². The number of hydrogen-bond acceptors (Lipinski definition) is 4. The van der Waals surface area contributed by atoms with Crippen LogP contribution in [0.25, 0.3) is 0 Å². The molecule has 0 radical (unpaired) electrons. The van der Waals surface area contributed by atoms with Crippen LogP contribution in [0.1, 0.15) is 38.5 Å². The second kappa shape index (κ2) is 7.13. The number of hydrogen-bond donors (Lipinski definition) is 2. The molecular formula is C16H23F3N4O. The number of piperidine rings is 1. The van der Waals surface area contributed by atoms with Gasteiger partial charge in [0.15, 0.2) is 5.82 Å². The minimum Gasteiger partial charge on any atom is -0.350 e. The first kappa shape index (κ1) is 17.3. The highest BCUT2D eigenvalue weighted by Gasteiger charge is 2.41. The number of alkyl halides is 3. The number of nitrogens with one attached hydrogen (secondary N) is 2. The number of aromatic nitrogens is 2. The molecule has 2 N–H and O–H groups in total. The van der Waals surface area contributed by atoms with E-state index in [2.05, 4.69) is 15.3 Å². The fourth-order valence-electron chi connectivity index (χ4n) is 3.80. The molecule has 0 aromatic carbocycles. The van der Waals surface area contributed by atoms with Gasteiger partial charge in [-0.15, -0.1) is 0 Å². The molecule has 2 aliphatic rings. The molecule has 1 aliphatic heterocycles. The van der Waals surface area contributed by atoms with Crippen LogP contribution < -0.4 is 15.8 Å².